The minimum Gasteiger partial charge on any atom is -0.326 e. The maximum absolute atomic E-state index is 4.53. The molecule has 2 aliphatic rings. The molecule has 0 saturated heterocycles. The highest BCUT2D eigenvalue weighted by Crippen LogP contribution is 2.39. The summed E-state index contributed by atoms with van der Waals surface area (Å²) in [6, 6.07) is 0. The highest BCUT2D eigenvalue weighted by atomic mass is 15.3. The van der Waals surface area contributed by atoms with Gasteiger partial charge in [0.15, 0.2) is 0 Å². The zero-order valence-electron chi connectivity index (χ0n) is 10.2. The number of aromatic nitrogens is 2. The Morgan fingerprint density at radius 3 is 2.88 bits per heavy atom. The van der Waals surface area contributed by atoms with E-state index < -0.39 is 0 Å². The molecule has 0 atom stereocenters. The van der Waals surface area contributed by atoms with Gasteiger partial charge in [0.2, 0.25) is 0 Å². The van der Waals surface area contributed by atoms with Crippen LogP contribution >= 0.6 is 0 Å². The summed E-state index contributed by atoms with van der Waals surface area (Å²) in [4.78, 5) is 7.08. The second-order valence-corrected chi connectivity index (χ2v) is 5.30. The lowest BCUT2D eigenvalue weighted by Crippen LogP contribution is -2.51. The molecule has 0 amide bonds. The number of hydrogen-bond acceptors (Lipinski definition) is 2. The Morgan fingerprint density at radius 2 is 2.12 bits per heavy atom. The van der Waals surface area contributed by atoms with Crippen LogP contribution in [0.4, 0.5) is 0 Å². The average molecular weight is 219 g/mol. The molecule has 1 aromatic rings. The summed E-state index contributed by atoms with van der Waals surface area (Å²) in [6.45, 7) is 5.67. The lowest BCUT2D eigenvalue weighted by molar-refractivity contribution is 0.0739. The summed E-state index contributed by atoms with van der Waals surface area (Å²) in [5.41, 5.74) is 0.373. The third-order valence-electron chi connectivity index (χ3n) is 4.34. The van der Waals surface area contributed by atoms with Gasteiger partial charge in [-0.3, -0.25) is 4.90 Å². The van der Waals surface area contributed by atoms with Crippen molar-refractivity contribution in [3.8, 4) is 0 Å². The van der Waals surface area contributed by atoms with E-state index in [4.69, 9.17) is 0 Å². The first-order valence-corrected chi connectivity index (χ1v) is 6.59. The van der Waals surface area contributed by atoms with Gasteiger partial charge in [0.1, 0.15) is 5.82 Å². The maximum Gasteiger partial charge on any atom is 0.123 e. The van der Waals surface area contributed by atoms with Crippen LogP contribution in [0.15, 0.2) is 12.4 Å². The van der Waals surface area contributed by atoms with Gasteiger partial charge in [-0.25, -0.2) is 4.98 Å². The third-order valence-corrected chi connectivity index (χ3v) is 4.34. The molecule has 1 fully saturated rings. The van der Waals surface area contributed by atoms with Crippen LogP contribution in [0, 0.1) is 0 Å². The van der Waals surface area contributed by atoms with Crippen molar-refractivity contribution in [1.29, 1.82) is 0 Å². The van der Waals surface area contributed by atoms with Crippen LogP contribution in [0.25, 0.3) is 0 Å². The van der Waals surface area contributed by atoms with Gasteiger partial charge in [-0.05, 0) is 19.4 Å². The third kappa shape index (κ3) is 1.49. The fourth-order valence-electron chi connectivity index (χ4n) is 3.46. The average Bonchev–Trinajstić information content (AvgIpc) is 2.79. The predicted octanol–water partition coefficient (Wildman–Crippen LogP) is 2.38. The number of rotatable bonds is 1. The molecule has 1 spiro atoms. The van der Waals surface area contributed by atoms with Gasteiger partial charge in [0, 0.05) is 18.9 Å². The van der Waals surface area contributed by atoms with Crippen molar-refractivity contribution < 1.29 is 0 Å². The van der Waals surface area contributed by atoms with Crippen LogP contribution < -0.4 is 0 Å². The summed E-state index contributed by atoms with van der Waals surface area (Å²) in [5.74, 6) is 1.27. The summed E-state index contributed by atoms with van der Waals surface area (Å²) in [7, 11) is 0. The standard InChI is InChI=1S/C13H21N3/c1-2-15-10-12-14-8-9-16(12)13(11-15)6-4-3-5-7-13/h8-9H,2-7,10-11H2,1H3. The van der Waals surface area contributed by atoms with E-state index in [9.17, 15) is 0 Å². The quantitative estimate of drug-likeness (QED) is 0.723. The van der Waals surface area contributed by atoms with Gasteiger partial charge in [0.05, 0.1) is 12.1 Å². The van der Waals surface area contributed by atoms with E-state index in [0.717, 1.165) is 13.1 Å². The summed E-state index contributed by atoms with van der Waals surface area (Å²) >= 11 is 0. The molecule has 1 aliphatic heterocycles. The van der Waals surface area contributed by atoms with Crippen molar-refractivity contribution in [2.45, 2.75) is 51.1 Å². The Bertz CT molecular complexity index is 363. The summed E-state index contributed by atoms with van der Waals surface area (Å²) < 4.78 is 2.48. The van der Waals surface area contributed by atoms with E-state index in [0.29, 0.717) is 5.54 Å². The Hall–Kier alpha value is -0.830. The molecule has 0 radical (unpaired) electrons. The minimum absolute atomic E-state index is 0.373. The van der Waals surface area contributed by atoms with Gasteiger partial charge >= 0.3 is 0 Å². The highest BCUT2D eigenvalue weighted by molar-refractivity contribution is 5.07. The van der Waals surface area contributed by atoms with Crippen LogP contribution in [0.3, 0.4) is 0 Å². The normalized spacial score (nSPS) is 24.6. The molecular weight excluding hydrogens is 198 g/mol. The zero-order valence-corrected chi connectivity index (χ0v) is 10.2. The summed E-state index contributed by atoms with van der Waals surface area (Å²) in [6.07, 6.45) is 11.0. The molecule has 2 heterocycles. The molecular formula is C13H21N3. The monoisotopic (exact) mass is 219 g/mol. The Kier molecular flexibility index (Phi) is 2.51. The molecule has 0 bridgehead atoms. The Labute approximate surface area is 97.5 Å². The van der Waals surface area contributed by atoms with E-state index in [-0.39, 0.29) is 0 Å². The van der Waals surface area contributed by atoms with Crippen LogP contribution in [-0.2, 0) is 12.1 Å². The van der Waals surface area contributed by atoms with Gasteiger partial charge in [-0.2, -0.15) is 0 Å². The number of hydrogen-bond donors (Lipinski definition) is 0. The van der Waals surface area contributed by atoms with Crippen molar-refractivity contribution in [3.63, 3.8) is 0 Å². The van der Waals surface area contributed by atoms with Crippen LogP contribution in [0.1, 0.15) is 44.9 Å². The number of imidazole rings is 1. The van der Waals surface area contributed by atoms with Crippen LogP contribution in [-0.4, -0.2) is 27.5 Å². The molecule has 16 heavy (non-hydrogen) atoms. The molecule has 88 valence electrons. The molecule has 3 heteroatoms. The van der Waals surface area contributed by atoms with E-state index in [1.165, 1.54) is 44.5 Å². The second kappa shape index (κ2) is 3.88. The minimum atomic E-state index is 0.373. The Balaban J connectivity index is 1.98. The molecule has 1 aromatic heterocycles. The number of likely N-dealkylation sites (N-methyl/N-ethyl adjacent to an activating group) is 1. The van der Waals surface area contributed by atoms with Crippen molar-refractivity contribution in [2.75, 3.05) is 13.1 Å². The van der Waals surface area contributed by atoms with Crippen molar-refractivity contribution in [2.24, 2.45) is 0 Å². The fourth-order valence-corrected chi connectivity index (χ4v) is 3.46. The lowest BCUT2D eigenvalue weighted by Gasteiger charge is -2.46. The maximum atomic E-state index is 4.53. The van der Waals surface area contributed by atoms with E-state index in [1.807, 2.05) is 6.20 Å². The SMILES string of the molecule is CCN1Cc2nccn2C2(CCCCC2)C1. The second-order valence-electron chi connectivity index (χ2n) is 5.30. The lowest BCUT2D eigenvalue weighted by atomic mass is 9.80. The van der Waals surface area contributed by atoms with E-state index in [2.05, 4.69) is 27.6 Å². The molecule has 0 unspecified atom stereocenters. The van der Waals surface area contributed by atoms with Gasteiger partial charge in [-0.1, -0.05) is 26.2 Å². The Morgan fingerprint density at radius 1 is 1.31 bits per heavy atom. The van der Waals surface area contributed by atoms with E-state index >= 15 is 0 Å². The van der Waals surface area contributed by atoms with Gasteiger partial charge < -0.3 is 4.57 Å². The molecule has 3 nitrogen and oxygen atoms in total. The predicted molar refractivity (Wildman–Crippen MR) is 64.2 cm³/mol. The van der Waals surface area contributed by atoms with Gasteiger partial charge in [0.25, 0.3) is 0 Å². The van der Waals surface area contributed by atoms with Gasteiger partial charge in [-0.15, -0.1) is 0 Å². The molecule has 1 aliphatic carbocycles. The first kappa shape index (κ1) is 10.3. The number of fused-ring (bicyclic) bond motifs is 2. The summed E-state index contributed by atoms with van der Waals surface area (Å²) in [5, 5.41) is 0. The van der Waals surface area contributed by atoms with Crippen molar-refractivity contribution in [3.05, 3.63) is 18.2 Å². The van der Waals surface area contributed by atoms with Crippen molar-refractivity contribution in [1.82, 2.24) is 14.5 Å². The zero-order chi connectivity index (χ0) is 11.0. The molecule has 3 rings (SSSR count). The smallest absolute Gasteiger partial charge is 0.123 e. The van der Waals surface area contributed by atoms with E-state index in [1.54, 1.807) is 0 Å². The topological polar surface area (TPSA) is 21.1 Å². The van der Waals surface area contributed by atoms with Crippen molar-refractivity contribution >= 4 is 0 Å². The van der Waals surface area contributed by atoms with Crippen LogP contribution in [0.5, 0.6) is 0 Å². The fraction of sp³-hybridized carbons (Fsp3) is 0.769. The highest BCUT2D eigenvalue weighted by Gasteiger charge is 2.39. The molecule has 0 aromatic carbocycles. The van der Waals surface area contributed by atoms with Crippen LogP contribution in [0.2, 0.25) is 0 Å². The first-order valence-electron chi connectivity index (χ1n) is 6.59. The number of nitrogens with zero attached hydrogens (tertiary/aromatic N) is 3. The molecule has 0 N–H and O–H groups in total. The largest absolute Gasteiger partial charge is 0.326 e. The molecule has 1 saturated carbocycles. The first-order chi connectivity index (χ1) is 7.84.